The van der Waals surface area contributed by atoms with E-state index in [1.54, 1.807) is 12.3 Å². The largest absolute Gasteiger partial charge is 0.394 e. The van der Waals surface area contributed by atoms with Gasteiger partial charge in [-0.25, -0.2) is 10.8 Å². The highest BCUT2D eigenvalue weighted by molar-refractivity contribution is 5.41. The van der Waals surface area contributed by atoms with Crippen LogP contribution in [0.2, 0.25) is 0 Å². The average molecular weight is 223 g/mol. The number of hydrogen-bond acceptors (Lipinski definition) is 6. The van der Waals surface area contributed by atoms with E-state index in [0.717, 1.165) is 25.7 Å². The van der Waals surface area contributed by atoms with E-state index in [-0.39, 0.29) is 12.1 Å². The van der Waals surface area contributed by atoms with Gasteiger partial charge in [0.15, 0.2) is 0 Å². The van der Waals surface area contributed by atoms with Crippen LogP contribution in [0.4, 0.5) is 11.8 Å². The second-order valence-electron chi connectivity index (χ2n) is 4.18. The molecule has 16 heavy (non-hydrogen) atoms. The minimum atomic E-state index is -0.222. The number of rotatable bonds is 4. The van der Waals surface area contributed by atoms with Crippen LogP contribution in [0.1, 0.15) is 25.7 Å². The van der Waals surface area contributed by atoms with Gasteiger partial charge in [-0.2, -0.15) is 4.98 Å². The Balaban J connectivity index is 2.12. The highest BCUT2D eigenvalue weighted by Crippen LogP contribution is 2.32. The van der Waals surface area contributed by atoms with Crippen molar-refractivity contribution in [3.05, 3.63) is 12.3 Å². The number of aliphatic hydroxyl groups is 1. The standard InChI is InChI=1S/C10H17N5O/c11-15-9-12-6-3-8(13-9)14-10(7-16)4-1-2-5-10/h3,6,16H,1-2,4-5,7,11H2,(H2,12,13,14,15). The summed E-state index contributed by atoms with van der Waals surface area (Å²) >= 11 is 0. The van der Waals surface area contributed by atoms with E-state index in [0.29, 0.717) is 11.8 Å². The van der Waals surface area contributed by atoms with Gasteiger partial charge >= 0.3 is 0 Å². The number of anilines is 2. The number of hydrazine groups is 1. The predicted octanol–water partition coefficient (Wildman–Crippen LogP) is 0.479. The molecule has 6 heteroatoms. The Morgan fingerprint density at radius 2 is 2.19 bits per heavy atom. The summed E-state index contributed by atoms with van der Waals surface area (Å²) in [7, 11) is 0. The lowest BCUT2D eigenvalue weighted by Crippen LogP contribution is -2.39. The zero-order valence-electron chi connectivity index (χ0n) is 9.11. The van der Waals surface area contributed by atoms with Gasteiger partial charge in [-0.05, 0) is 18.9 Å². The highest BCUT2D eigenvalue weighted by Gasteiger charge is 2.33. The zero-order chi connectivity index (χ0) is 11.4. The molecule has 1 aromatic heterocycles. The fourth-order valence-electron chi connectivity index (χ4n) is 2.14. The minimum Gasteiger partial charge on any atom is -0.394 e. The summed E-state index contributed by atoms with van der Waals surface area (Å²) < 4.78 is 0. The molecule has 0 atom stereocenters. The van der Waals surface area contributed by atoms with Crippen LogP contribution in [0.25, 0.3) is 0 Å². The molecule has 0 unspecified atom stereocenters. The molecule has 0 radical (unpaired) electrons. The van der Waals surface area contributed by atoms with Crippen molar-refractivity contribution in [3.63, 3.8) is 0 Å². The molecule has 0 aliphatic heterocycles. The van der Waals surface area contributed by atoms with Gasteiger partial charge in [0.05, 0.1) is 12.1 Å². The van der Waals surface area contributed by atoms with Crippen molar-refractivity contribution in [2.45, 2.75) is 31.2 Å². The molecule has 1 aliphatic carbocycles. The van der Waals surface area contributed by atoms with Crippen molar-refractivity contribution in [1.82, 2.24) is 9.97 Å². The van der Waals surface area contributed by atoms with E-state index < -0.39 is 0 Å². The normalized spacial score (nSPS) is 18.4. The van der Waals surface area contributed by atoms with Gasteiger partial charge in [0, 0.05) is 6.20 Å². The van der Waals surface area contributed by atoms with Crippen LogP contribution in [0.15, 0.2) is 12.3 Å². The van der Waals surface area contributed by atoms with Crippen molar-refractivity contribution in [3.8, 4) is 0 Å². The molecule has 1 heterocycles. The van der Waals surface area contributed by atoms with Gasteiger partial charge in [0.2, 0.25) is 5.95 Å². The molecule has 6 nitrogen and oxygen atoms in total. The maximum Gasteiger partial charge on any atom is 0.239 e. The van der Waals surface area contributed by atoms with Crippen LogP contribution < -0.4 is 16.6 Å². The second-order valence-corrected chi connectivity index (χ2v) is 4.18. The third-order valence-corrected chi connectivity index (χ3v) is 3.04. The number of nitrogens with one attached hydrogen (secondary N) is 2. The van der Waals surface area contributed by atoms with E-state index in [4.69, 9.17) is 5.84 Å². The van der Waals surface area contributed by atoms with Crippen LogP contribution in [0.5, 0.6) is 0 Å². The molecule has 0 saturated heterocycles. The molecule has 2 rings (SSSR count). The number of nitrogen functional groups attached to an aromatic ring is 1. The van der Waals surface area contributed by atoms with Crippen molar-refractivity contribution in [2.75, 3.05) is 17.3 Å². The summed E-state index contributed by atoms with van der Waals surface area (Å²) in [6.45, 7) is 0.127. The first-order valence-electron chi connectivity index (χ1n) is 5.47. The average Bonchev–Trinajstić information content (AvgIpc) is 2.78. The Kier molecular flexibility index (Phi) is 3.21. The number of nitrogens with two attached hydrogens (primary N) is 1. The molecule has 1 fully saturated rings. The van der Waals surface area contributed by atoms with Crippen LogP contribution >= 0.6 is 0 Å². The third kappa shape index (κ3) is 2.23. The topological polar surface area (TPSA) is 96.1 Å². The van der Waals surface area contributed by atoms with Gasteiger partial charge in [0.1, 0.15) is 5.82 Å². The lowest BCUT2D eigenvalue weighted by Gasteiger charge is -2.28. The molecular weight excluding hydrogens is 206 g/mol. The van der Waals surface area contributed by atoms with Crippen LogP contribution in [-0.4, -0.2) is 27.2 Å². The van der Waals surface area contributed by atoms with Gasteiger partial charge in [0.25, 0.3) is 0 Å². The highest BCUT2D eigenvalue weighted by atomic mass is 16.3. The SMILES string of the molecule is NNc1nccc(NC2(CO)CCCC2)n1. The lowest BCUT2D eigenvalue weighted by atomic mass is 9.99. The summed E-state index contributed by atoms with van der Waals surface area (Å²) in [6.07, 6.45) is 5.85. The number of aliphatic hydroxyl groups excluding tert-OH is 1. The fraction of sp³-hybridized carbons (Fsp3) is 0.600. The summed E-state index contributed by atoms with van der Waals surface area (Å²) in [5, 5.41) is 12.7. The molecule has 0 aromatic carbocycles. The first-order valence-corrected chi connectivity index (χ1v) is 5.47. The molecule has 1 aliphatic rings. The molecule has 0 bridgehead atoms. The van der Waals surface area contributed by atoms with Gasteiger partial charge < -0.3 is 10.4 Å². The van der Waals surface area contributed by atoms with E-state index in [1.807, 2.05) is 0 Å². The van der Waals surface area contributed by atoms with Gasteiger partial charge in [-0.15, -0.1) is 0 Å². The Bertz CT molecular complexity index is 351. The van der Waals surface area contributed by atoms with Gasteiger partial charge in [-0.1, -0.05) is 12.8 Å². The van der Waals surface area contributed by atoms with E-state index >= 15 is 0 Å². The van der Waals surface area contributed by atoms with Crippen LogP contribution in [0, 0.1) is 0 Å². The first-order chi connectivity index (χ1) is 7.78. The van der Waals surface area contributed by atoms with Gasteiger partial charge in [-0.3, -0.25) is 5.43 Å². The molecule has 1 aromatic rings. The van der Waals surface area contributed by atoms with Crippen molar-refractivity contribution in [1.29, 1.82) is 0 Å². The van der Waals surface area contributed by atoms with E-state index in [1.165, 1.54) is 0 Å². The molecule has 0 amide bonds. The maximum absolute atomic E-state index is 9.46. The second kappa shape index (κ2) is 4.63. The lowest BCUT2D eigenvalue weighted by molar-refractivity contribution is 0.214. The monoisotopic (exact) mass is 223 g/mol. The van der Waals surface area contributed by atoms with Crippen molar-refractivity contribution in [2.24, 2.45) is 5.84 Å². The van der Waals surface area contributed by atoms with Crippen LogP contribution in [-0.2, 0) is 0 Å². The van der Waals surface area contributed by atoms with Crippen molar-refractivity contribution < 1.29 is 5.11 Å². The van der Waals surface area contributed by atoms with Crippen molar-refractivity contribution >= 4 is 11.8 Å². The smallest absolute Gasteiger partial charge is 0.239 e. The quantitative estimate of drug-likeness (QED) is 0.438. The predicted molar refractivity (Wildman–Crippen MR) is 61.7 cm³/mol. The number of aromatic nitrogens is 2. The zero-order valence-corrected chi connectivity index (χ0v) is 9.11. The Labute approximate surface area is 94.3 Å². The molecule has 5 N–H and O–H groups in total. The molecule has 88 valence electrons. The summed E-state index contributed by atoms with van der Waals surface area (Å²) in [4.78, 5) is 8.11. The minimum absolute atomic E-state index is 0.127. The Morgan fingerprint density at radius 3 is 2.81 bits per heavy atom. The molecule has 0 spiro atoms. The number of hydrogen-bond donors (Lipinski definition) is 4. The van der Waals surface area contributed by atoms with E-state index in [9.17, 15) is 5.11 Å². The fourth-order valence-corrected chi connectivity index (χ4v) is 2.14. The summed E-state index contributed by atoms with van der Waals surface area (Å²) in [5.41, 5.74) is 2.18. The maximum atomic E-state index is 9.46. The number of nitrogens with zero attached hydrogens (tertiary/aromatic N) is 2. The Hall–Kier alpha value is -1.40. The summed E-state index contributed by atoms with van der Waals surface area (Å²) in [5.74, 6) is 6.30. The first kappa shape index (κ1) is 11.1. The van der Waals surface area contributed by atoms with Crippen LogP contribution in [0.3, 0.4) is 0 Å². The summed E-state index contributed by atoms with van der Waals surface area (Å²) in [6, 6.07) is 1.77. The third-order valence-electron chi connectivity index (χ3n) is 3.04. The van der Waals surface area contributed by atoms with E-state index in [2.05, 4.69) is 20.7 Å². The molecular formula is C10H17N5O. The Morgan fingerprint density at radius 1 is 1.44 bits per heavy atom. The molecule has 1 saturated carbocycles.